The van der Waals surface area contributed by atoms with Crippen molar-refractivity contribution in [3.8, 4) is 0 Å². The first-order chi connectivity index (χ1) is 8.77. The van der Waals surface area contributed by atoms with Crippen LogP contribution in [-0.4, -0.2) is 17.2 Å². The van der Waals surface area contributed by atoms with Gasteiger partial charge in [0.25, 0.3) is 0 Å². The van der Waals surface area contributed by atoms with E-state index in [1.54, 1.807) is 11.8 Å². The van der Waals surface area contributed by atoms with Gasteiger partial charge in [0.05, 0.1) is 0 Å². The molecule has 18 heavy (non-hydrogen) atoms. The van der Waals surface area contributed by atoms with E-state index in [0.29, 0.717) is 6.54 Å². The van der Waals surface area contributed by atoms with Gasteiger partial charge in [-0.3, -0.25) is 4.79 Å². The van der Waals surface area contributed by atoms with Crippen molar-refractivity contribution >= 4 is 17.7 Å². The van der Waals surface area contributed by atoms with Gasteiger partial charge in [0.1, 0.15) is 4.75 Å². The maximum absolute atomic E-state index is 12.2. The van der Waals surface area contributed by atoms with Gasteiger partial charge in [-0.15, -0.1) is 11.8 Å². The molecule has 1 aliphatic carbocycles. The molecule has 0 aromatic heterocycles. The predicted molar refractivity (Wildman–Crippen MR) is 77.5 cm³/mol. The number of amides is 1. The fourth-order valence-electron chi connectivity index (χ4n) is 2.13. The van der Waals surface area contributed by atoms with Gasteiger partial charge < -0.3 is 5.32 Å². The molecule has 0 spiro atoms. The van der Waals surface area contributed by atoms with Gasteiger partial charge >= 0.3 is 0 Å². The van der Waals surface area contributed by atoms with Crippen molar-refractivity contribution in [1.29, 1.82) is 0 Å². The van der Waals surface area contributed by atoms with Crippen molar-refractivity contribution in [3.05, 3.63) is 48.0 Å². The molecular weight excluding hydrogens is 242 g/mol. The summed E-state index contributed by atoms with van der Waals surface area (Å²) in [7, 11) is 0. The highest BCUT2D eigenvalue weighted by Crippen LogP contribution is 2.38. The zero-order valence-electron chi connectivity index (χ0n) is 10.7. The van der Waals surface area contributed by atoms with Gasteiger partial charge in [-0.2, -0.15) is 0 Å². The molecule has 0 saturated carbocycles. The Morgan fingerprint density at radius 3 is 2.78 bits per heavy atom. The van der Waals surface area contributed by atoms with E-state index in [2.05, 4.69) is 29.6 Å². The number of allylic oxidation sites excluding steroid dienone is 1. The Labute approximate surface area is 113 Å². The van der Waals surface area contributed by atoms with Crippen molar-refractivity contribution in [2.75, 3.05) is 6.54 Å². The molecular formula is C15H19NOS. The largest absolute Gasteiger partial charge is 0.355 e. The monoisotopic (exact) mass is 261 g/mol. The second-order valence-electron chi connectivity index (χ2n) is 4.46. The average Bonchev–Trinajstić information content (AvgIpc) is 2.88. The minimum atomic E-state index is -0.355. The zero-order chi connectivity index (χ0) is 12.8. The van der Waals surface area contributed by atoms with Crippen molar-refractivity contribution in [3.63, 3.8) is 0 Å². The molecule has 0 radical (unpaired) electrons. The van der Waals surface area contributed by atoms with Crippen LogP contribution in [0.15, 0.2) is 42.5 Å². The van der Waals surface area contributed by atoms with Crippen molar-refractivity contribution < 1.29 is 4.79 Å². The Hall–Kier alpha value is -1.22. The van der Waals surface area contributed by atoms with Crippen LogP contribution in [0.1, 0.15) is 25.3 Å². The molecule has 0 aliphatic heterocycles. The molecule has 1 atom stereocenters. The molecule has 1 aromatic carbocycles. The lowest BCUT2D eigenvalue weighted by Gasteiger charge is -2.25. The summed E-state index contributed by atoms with van der Waals surface area (Å²) in [5.74, 6) is 1.03. The highest BCUT2D eigenvalue weighted by Gasteiger charge is 2.37. The zero-order valence-corrected chi connectivity index (χ0v) is 11.5. The summed E-state index contributed by atoms with van der Waals surface area (Å²) in [6.07, 6.45) is 6.11. The molecule has 1 N–H and O–H groups in total. The van der Waals surface area contributed by atoms with Crippen LogP contribution in [0.25, 0.3) is 0 Å². The first-order valence-electron chi connectivity index (χ1n) is 6.41. The minimum absolute atomic E-state index is 0.152. The SMILES string of the molecule is CCNC(=O)C1(SCc2ccccc2)C=CCC1. The quantitative estimate of drug-likeness (QED) is 0.825. The Bertz CT molecular complexity index is 429. The molecule has 2 nitrogen and oxygen atoms in total. The van der Waals surface area contributed by atoms with Gasteiger partial charge in [0, 0.05) is 12.3 Å². The third-order valence-corrected chi connectivity index (χ3v) is 4.65. The van der Waals surface area contributed by atoms with Crippen molar-refractivity contribution in [1.82, 2.24) is 5.32 Å². The molecule has 3 heteroatoms. The van der Waals surface area contributed by atoms with E-state index < -0.39 is 0 Å². The number of rotatable bonds is 5. The van der Waals surface area contributed by atoms with Gasteiger partial charge in [0.15, 0.2) is 0 Å². The number of nitrogens with one attached hydrogen (secondary N) is 1. The summed E-state index contributed by atoms with van der Waals surface area (Å²) in [5.41, 5.74) is 1.27. The summed E-state index contributed by atoms with van der Waals surface area (Å²) in [6.45, 7) is 2.66. The summed E-state index contributed by atoms with van der Waals surface area (Å²) in [6, 6.07) is 10.3. The van der Waals surface area contributed by atoms with E-state index in [1.165, 1.54) is 5.56 Å². The Balaban J connectivity index is 2.03. The predicted octanol–water partition coefficient (Wildman–Crippen LogP) is 3.14. The second kappa shape index (κ2) is 6.10. The van der Waals surface area contributed by atoms with Gasteiger partial charge in [-0.05, 0) is 25.3 Å². The molecule has 1 unspecified atom stereocenters. The smallest absolute Gasteiger partial charge is 0.240 e. The van der Waals surface area contributed by atoms with Crippen LogP contribution in [0, 0.1) is 0 Å². The summed E-state index contributed by atoms with van der Waals surface area (Å²) >= 11 is 1.73. The second-order valence-corrected chi connectivity index (χ2v) is 5.77. The standard InChI is InChI=1S/C15H19NOS/c1-2-16-14(17)15(10-6-7-11-15)18-12-13-8-4-3-5-9-13/h3-6,8-10H,2,7,11-12H2,1H3,(H,16,17). The van der Waals surface area contributed by atoms with E-state index in [-0.39, 0.29) is 10.7 Å². The van der Waals surface area contributed by atoms with Crippen LogP contribution >= 0.6 is 11.8 Å². The molecule has 1 aliphatic rings. The van der Waals surface area contributed by atoms with Crippen molar-refractivity contribution in [2.45, 2.75) is 30.3 Å². The lowest BCUT2D eigenvalue weighted by atomic mass is 10.1. The molecule has 0 heterocycles. The third kappa shape index (κ3) is 2.96. The Morgan fingerprint density at radius 2 is 2.17 bits per heavy atom. The van der Waals surface area contributed by atoms with E-state index in [0.717, 1.165) is 18.6 Å². The highest BCUT2D eigenvalue weighted by molar-refractivity contribution is 8.00. The number of hydrogen-bond donors (Lipinski definition) is 1. The van der Waals surface area contributed by atoms with E-state index >= 15 is 0 Å². The molecule has 0 saturated heterocycles. The number of hydrogen-bond acceptors (Lipinski definition) is 2. The lowest BCUT2D eigenvalue weighted by molar-refractivity contribution is -0.122. The van der Waals surface area contributed by atoms with Crippen LogP contribution in [0.4, 0.5) is 0 Å². The Kier molecular flexibility index (Phi) is 4.48. The molecule has 96 valence electrons. The normalized spacial score (nSPS) is 22.1. The fourth-order valence-corrected chi connectivity index (χ4v) is 3.40. The number of thioether (sulfide) groups is 1. The van der Waals surface area contributed by atoms with Crippen molar-refractivity contribution in [2.24, 2.45) is 0 Å². The Morgan fingerprint density at radius 1 is 1.39 bits per heavy atom. The maximum atomic E-state index is 12.2. The summed E-state index contributed by atoms with van der Waals surface area (Å²) in [4.78, 5) is 12.2. The van der Waals surface area contributed by atoms with Crippen LogP contribution in [0.3, 0.4) is 0 Å². The molecule has 0 bridgehead atoms. The van der Waals surface area contributed by atoms with Gasteiger partial charge in [-0.25, -0.2) is 0 Å². The highest BCUT2D eigenvalue weighted by atomic mass is 32.2. The first-order valence-corrected chi connectivity index (χ1v) is 7.39. The van der Waals surface area contributed by atoms with E-state index in [9.17, 15) is 4.79 Å². The number of carbonyl (C=O) groups is 1. The van der Waals surface area contributed by atoms with E-state index in [1.807, 2.05) is 25.1 Å². The molecule has 0 fully saturated rings. The third-order valence-electron chi connectivity index (χ3n) is 3.13. The topological polar surface area (TPSA) is 29.1 Å². The van der Waals surface area contributed by atoms with E-state index in [4.69, 9.17) is 0 Å². The number of benzene rings is 1. The molecule has 2 rings (SSSR count). The van der Waals surface area contributed by atoms with Crippen LogP contribution in [0.2, 0.25) is 0 Å². The fraction of sp³-hybridized carbons (Fsp3) is 0.400. The molecule has 1 amide bonds. The van der Waals surface area contributed by atoms with Crippen LogP contribution < -0.4 is 5.32 Å². The van der Waals surface area contributed by atoms with Gasteiger partial charge in [0.2, 0.25) is 5.91 Å². The summed E-state index contributed by atoms with van der Waals surface area (Å²) < 4.78 is -0.355. The first kappa shape index (κ1) is 13.2. The minimum Gasteiger partial charge on any atom is -0.355 e. The number of carbonyl (C=O) groups excluding carboxylic acids is 1. The molecule has 1 aromatic rings. The lowest BCUT2D eigenvalue weighted by Crippen LogP contribution is -2.41. The maximum Gasteiger partial charge on any atom is 0.240 e. The van der Waals surface area contributed by atoms with Gasteiger partial charge in [-0.1, -0.05) is 42.5 Å². The average molecular weight is 261 g/mol. The summed E-state index contributed by atoms with van der Waals surface area (Å²) in [5, 5.41) is 2.95. The van der Waals surface area contributed by atoms with Crippen LogP contribution in [0.5, 0.6) is 0 Å². The van der Waals surface area contributed by atoms with Crippen LogP contribution in [-0.2, 0) is 10.5 Å².